The average molecular weight is 573 g/mol. The number of aryl methyl sites for hydroxylation is 1. The Morgan fingerprint density at radius 3 is 2.73 bits per heavy atom. The minimum atomic E-state index is -0.393. The van der Waals surface area contributed by atoms with Crippen LogP contribution in [0.3, 0.4) is 0 Å². The van der Waals surface area contributed by atoms with Crippen LogP contribution in [0.15, 0.2) is 54.7 Å². The minimum Gasteiger partial charge on any atom is -0.492 e. The predicted molar refractivity (Wildman–Crippen MR) is 156 cm³/mol. The number of pyridine rings is 1. The number of carbonyl (C=O) groups is 1. The van der Waals surface area contributed by atoms with Gasteiger partial charge < -0.3 is 14.4 Å². The third-order valence-electron chi connectivity index (χ3n) is 7.01. The van der Waals surface area contributed by atoms with E-state index < -0.39 is 5.82 Å². The molecule has 0 atom stereocenters. The zero-order chi connectivity index (χ0) is 28.8. The molecule has 1 aliphatic heterocycles. The van der Waals surface area contributed by atoms with Crippen LogP contribution in [-0.4, -0.2) is 55.1 Å². The zero-order valence-electron chi connectivity index (χ0n) is 23.2. The van der Waals surface area contributed by atoms with Crippen molar-refractivity contribution < 1.29 is 18.7 Å². The van der Waals surface area contributed by atoms with Gasteiger partial charge in [0.15, 0.2) is 11.4 Å². The number of fused-ring (bicyclic) bond motifs is 2. The smallest absolute Gasteiger partial charge is 0.246 e. The van der Waals surface area contributed by atoms with Crippen LogP contribution in [0.5, 0.6) is 11.5 Å². The summed E-state index contributed by atoms with van der Waals surface area (Å²) in [5.74, 6) is 0.398. The molecule has 1 aliphatic rings. The molecule has 4 aromatic heterocycles. The fourth-order valence-corrected chi connectivity index (χ4v) is 6.20. The number of methoxy groups -OCH3 is 1. The van der Waals surface area contributed by atoms with Crippen molar-refractivity contribution in [3.8, 4) is 45.3 Å². The molecule has 0 radical (unpaired) electrons. The Hall–Kier alpha value is -4.51. The number of aromatic nitrogens is 5. The first-order valence-electron chi connectivity index (χ1n) is 13.2. The maximum absolute atomic E-state index is 14.5. The van der Waals surface area contributed by atoms with Crippen LogP contribution in [0.25, 0.3) is 43.9 Å². The highest BCUT2D eigenvalue weighted by Crippen LogP contribution is 2.48. The quantitative estimate of drug-likeness (QED) is 0.233. The zero-order valence-corrected chi connectivity index (χ0v) is 24.0. The molecule has 0 unspecified atom stereocenters. The Bertz CT molecular complexity index is 1800. The van der Waals surface area contributed by atoms with E-state index in [0.29, 0.717) is 48.1 Å². The summed E-state index contributed by atoms with van der Waals surface area (Å²) in [7, 11) is 3.45. The van der Waals surface area contributed by atoms with Crippen LogP contribution in [0.1, 0.15) is 19.5 Å². The maximum atomic E-state index is 14.5. The second-order valence-corrected chi connectivity index (χ2v) is 11.0. The molecule has 210 valence electrons. The number of rotatable bonds is 7. The summed E-state index contributed by atoms with van der Waals surface area (Å²) in [6.45, 7) is 8.76. The molecule has 0 saturated heterocycles. The van der Waals surface area contributed by atoms with Gasteiger partial charge in [-0.25, -0.2) is 9.37 Å². The summed E-state index contributed by atoms with van der Waals surface area (Å²) >= 11 is 1.56. The standard InChI is InChI=1S/C30H29FN6O3S/c1-6-24(38)36-10-11-37-22(16-36)29(39-5)28(34-37)27-25(20-8-7-19(31)13-23(20)40-17(2)3)30-21(9-12-41-30)26(33-27)18-14-32-35(4)15-18/h6-9,12-15,17H,1,10-11,16H2,2-5H3. The average Bonchev–Trinajstić information content (AvgIpc) is 3.69. The van der Waals surface area contributed by atoms with Gasteiger partial charge in [-0.15, -0.1) is 11.3 Å². The minimum absolute atomic E-state index is 0.152. The fraction of sp³-hybridized carbons (Fsp3) is 0.267. The van der Waals surface area contributed by atoms with Crippen molar-refractivity contribution in [2.45, 2.75) is 33.0 Å². The highest BCUT2D eigenvalue weighted by molar-refractivity contribution is 7.18. The van der Waals surface area contributed by atoms with E-state index >= 15 is 0 Å². The van der Waals surface area contributed by atoms with Gasteiger partial charge in [0.25, 0.3) is 0 Å². The van der Waals surface area contributed by atoms with Crippen molar-refractivity contribution in [2.75, 3.05) is 13.7 Å². The Morgan fingerprint density at radius 1 is 1.20 bits per heavy atom. The van der Waals surface area contributed by atoms with E-state index in [1.54, 1.807) is 40.3 Å². The lowest BCUT2D eigenvalue weighted by atomic mass is 9.97. The summed E-state index contributed by atoms with van der Waals surface area (Å²) in [5.41, 5.74) is 4.94. The van der Waals surface area contributed by atoms with Crippen molar-refractivity contribution in [1.29, 1.82) is 0 Å². The number of carbonyl (C=O) groups excluding carboxylic acids is 1. The van der Waals surface area contributed by atoms with Crippen molar-refractivity contribution >= 4 is 27.3 Å². The number of amides is 1. The van der Waals surface area contributed by atoms with E-state index in [1.807, 2.05) is 43.2 Å². The van der Waals surface area contributed by atoms with Crippen LogP contribution < -0.4 is 9.47 Å². The summed E-state index contributed by atoms with van der Waals surface area (Å²) in [6.07, 6.45) is 4.84. The SMILES string of the molecule is C=CC(=O)N1CCn2nc(-c3nc(-c4cnn(C)c4)c4ccsc4c3-c3ccc(F)cc3OC(C)C)c(OC)c2C1. The molecule has 41 heavy (non-hydrogen) atoms. The first-order valence-corrected chi connectivity index (χ1v) is 14.1. The molecule has 11 heteroatoms. The van der Waals surface area contributed by atoms with Gasteiger partial charge >= 0.3 is 0 Å². The van der Waals surface area contributed by atoms with Gasteiger partial charge in [-0.3, -0.25) is 14.2 Å². The number of hydrogen-bond donors (Lipinski definition) is 0. The molecule has 0 aliphatic carbocycles. The lowest BCUT2D eigenvalue weighted by Crippen LogP contribution is -2.37. The molecular weight excluding hydrogens is 543 g/mol. The molecule has 1 aromatic carbocycles. The summed E-state index contributed by atoms with van der Waals surface area (Å²) in [4.78, 5) is 19.4. The lowest BCUT2D eigenvalue weighted by molar-refractivity contribution is -0.127. The van der Waals surface area contributed by atoms with Gasteiger partial charge in [0, 0.05) is 52.6 Å². The van der Waals surface area contributed by atoms with Crippen molar-refractivity contribution in [2.24, 2.45) is 7.05 Å². The number of nitrogens with zero attached hydrogens (tertiary/aromatic N) is 6. The van der Waals surface area contributed by atoms with Crippen molar-refractivity contribution in [3.05, 3.63) is 66.2 Å². The summed E-state index contributed by atoms with van der Waals surface area (Å²) in [6, 6.07) is 6.59. The monoisotopic (exact) mass is 572 g/mol. The summed E-state index contributed by atoms with van der Waals surface area (Å²) < 4.78 is 31.1. The van der Waals surface area contributed by atoms with Gasteiger partial charge in [-0.1, -0.05) is 6.58 Å². The number of thiophene rings is 1. The molecule has 5 heterocycles. The molecular formula is C30H29FN6O3S. The second-order valence-electron chi connectivity index (χ2n) is 10.1. The molecule has 9 nitrogen and oxygen atoms in total. The molecule has 0 spiro atoms. The lowest BCUT2D eigenvalue weighted by Gasteiger charge is -2.26. The number of hydrogen-bond acceptors (Lipinski definition) is 7. The fourth-order valence-electron chi connectivity index (χ4n) is 5.24. The highest BCUT2D eigenvalue weighted by atomic mass is 32.1. The third kappa shape index (κ3) is 4.65. The van der Waals surface area contributed by atoms with Crippen LogP contribution >= 0.6 is 11.3 Å². The second kappa shape index (κ2) is 10.5. The van der Waals surface area contributed by atoms with Gasteiger partial charge in [0.2, 0.25) is 5.91 Å². The van der Waals surface area contributed by atoms with E-state index in [1.165, 1.54) is 18.2 Å². The van der Waals surface area contributed by atoms with Crippen LogP contribution in [0, 0.1) is 5.82 Å². The maximum Gasteiger partial charge on any atom is 0.246 e. The predicted octanol–water partition coefficient (Wildman–Crippen LogP) is 5.69. The van der Waals surface area contributed by atoms with Gasteiger partial charge in [0.1, 0.15) is 23.0 Å². The van der Waals surface area contributed by atoms with E-state index in [9.17, 15) is 9.18 Å². The summed E-state index contributed by atoms with van der Waals surface area (Å²) in [5, 5.41) is 12.3. The van der Waals surface area contributed by atoms with Crippen molar-refractivity contribution in [3.63, 3.8) is 0 Å². The molecule has 0 N–H and O–H groups in total. The molecule has 6 rings (SSSR count). The third-order valence-corrected chi connectivity index (χ3v) is 7.94. The molecule has 0 bridgehead atoms. The normalized spacial score (nSPS) is 13.1. The van der Waals surface area contributed by atoms with E-state index in [0.717, 1.165) is 32.6 Å². The molecule has 0 saturated carbocycles. The van der Waals surface area contributed by atoms with Crippen LogP contribution in [0.2, 0.25) is 0 Å². The Labute approximate surface area is 240 Å². The van der Waals surface area contributed by atoms with E-state index in [-0.39, 0.29) is 12.0 Å². The van der Waals surface area contributed by atoms with Gasteiger partial charge in [0.05, 0.1) is 38.2 Å². The van der Waals surface area contributed by atoms with Gasteiger partial charge in [-0.05, 0) is 43.5 Å². The number of ether oxygens (including phenoxy) is 2. The molecule has 0 fully saturated rings. The number of halogens is 1. The largest absolute Gasteiger partial charge is 0.492 e. The van der Waals surface area contributed by atoms with Gasteiger partial charge in [-0.2, -0.15) is 10.2 Å². The Kier molecular flexibility index (Phi) is 6.82. The Morgan fingerprint density at radius 2 is 2.02 bits per heavy atom. The molecule has 1 amide bonds. The van der Waals surface area contributed by atoms with E-state index in [4.69, 9.17) is 19.6 Å². The highest BCUT2D eigenvalue weighted by Gasteiger charge is 2.31. The van der Waals surface area contributed by atoms with Crippen molar-refractivity contribution in [1.82, 2.24) is 29.4 Å². The number of benzene rings is 1. The first kappa shape index (κ1) is 26.7. The molecule has 5 aromatic rings. The van der Waals surface area contributed by atoms with E-state index in [2.05, 4.69) is 11.7 Å². The first-order chi connectivity index (χ1) is 19.8. The van der Waals surface area contributed by atoms with Crippen LogP contribution in [0.4, 0.5) is 4.39 Å². The Balaban J connectivity index is 1.67. The topological polar surface area (TPSA) is 87.3 Å². The van der Waals surface area contributed by atoms with Crippen LogP contribution in [-0.2, 0) is 24.9 Å².